The molecular weight excluding hydrogens is 571 g/mol. The Kier molecular flexibility index (Phi) is 8.28. The summed E-state index contributed by atoms with van der Waals surface area (Å²) in [5, 5.41) is 2.38. The van der Waals surface area contributed by atoms with Gasteiger partial charge in [0.1, 0.15) is 11.4 Å². The molecule has 0 atom stereocenters. The zero-order valence-corrected chi connectivity index (χ0v) is 25.1. The summed E-state index contributed by atoms with van der Waals surface area (Å²) in [6, 6.07) is 17.9. The van der Waals surface area contributed by atoms with Crippen molar-refractivity contribution in [1.82, 2.24) is 15.0 Å². The summed E-state index contributed by atoms with van der Waals surface area (Å²) in [6.07, 6.45) is 3.15. The van der Waals surface area contributed by atoms with Crippen molar-refractivity contribution in [2.75, 3.05) is 11.9 Å². The Hall–Kier alpha value is -4.63. The van der Waals surface area contributed by atoms with Gasteiger partial charge in [-0.25, -0.2) is 23.6 Å². The van der Waals surface area contributed by atoms with Crippen molar-refractivity contribution in [2.24, 2.45) is 0 Å². The molecule has 0 unspecified atom stereocenters. The smallest absolute Gasteiger partial charge is 0.419 e. The van der Waals surface area contributed by atoms with E-state index in [9.17, 15) is 18.8 Å². The van der Waals surface area contributed by atoms with Gasteiger partial charge in [0.25, 0.3) is 0 Å². The lowest BCUT2D eigenvalue weighted by Crippen LogP contribution is -2.51. The molecule has 0 fully saturated rings. The summed E-state index contributed by atoms with van der Waals surface area (Å²) >= 11 is 6.02. The van der Waals surface area contributed by atoms with E-state index < -0.39 is 29.4 Å². The second kappa shape index (κ2) is 11.9. The number of carbonyl (C=O) groups excluding carboxylic acids is 3. The zero-order valence-electron chi connectivity index (χ0n) is 24.4. The second-order valence-electron chi connectivity index (χ2n) is 11.4. The fourth-order valence-electron chi connectivity index (χ4n) is 5.10. The van der Waals surface area contributed by atoms with E-state index in [1.807, 2.05) is 24.3 Å². The average molecular weight is 603 g/mol. The van der Waals surface area contributed by atoms with E-state index in [2.05, 4.69) is 5.43 Å². The SMILES string of the molecule is CN(C(=O)N1Cc2cc(F)cc(c2)/C=C\Cc2c(c3ccccc3n2C(=O)OC(C)(C)C)CC(=O)N1)c1ccc(Cl)cc1. The van der Waals surface area contributed by atoms with Gasteiger partial charge in [-0.3, -0.25) is 15.1 Å². The van der Waals surface area contributed by atoms with Crippen LogP contribution in [0.3, 0.4) is 0 Å². The van der Waals surface area contributed by atoms with E-state index in [4.69, 9.17) is 16.3 Å². The molecule has 43 heavy (non-hydrogen) atoms. The van der Waals surface area contributed by atoms with E-state index >= 15 is 0 Å². The summed E-state index contributed by atoms with van der Waals surface area (Å²) in [5.74, 6) is -0.966. The summed E-state index contributed by atoms with van der Waals surface area (Å²) in [4.78, 5) is 42.2. The largest absolute Gasteiger partial charge is 0.443 e. The van der Waals surface area contributed by atoms with Crippen LogP contribution in [0.4, 0.5) is 19.7 Å². The maximum absolute atomic E-state index is 14.7. The van der Waals surface area contributed by atoms with E-state index in [0.29, 0.717) is 44.0 Å². The van der Waals surface area contributed by atoms with Crippen LogP contribution in [0.15, 0.2) is 72.8 Å². The first-order chi connectivity index (χ1) is 20.4. The van der Waals surface area contributed by atoms with Crippen molar-refractivity contribution in [3.63, 3.8) is 0 Å². The fourth-order valence-corrected chi connectivity index (χ4v) is 5.23. The highest BCUT2D eigenvalue weighted by Gasteiger charge is 2.28. The van der Waals surface area contributed by atoms with Crippen molar-refractivity contribution in [2.45, 2.75) is 45.8 Å². The predicted octanol–water partition coefficient (Wildman–Crippen LogP) is 7.12. The van der Waals surface area contributed by atoms with Crippen LogP contribution in [0.25, 0.3) is 17.0 Å². The number of hydrazine groups is 1. The van der Waals surface area contributed by atoms with E-state index in [-0.39, 0.29) is 19.4 Å². The highest BCUT2D eigenvalue weighted by Crippen LogP contribution is 2.30. The molecule has 3 aromatic carbocycles. The zero-order chi connectivity index (χ0) is 30.9. The monoisotopic (exact) mass is 602 g/mol. The first kappa shape index (κ1) is 29.8. The van der Waals surface area contributed by atoms with Crippen molar-refractivity contribution >= 4 is 52.3 Å². The Labute approximate surface area is 254 Å². The Morgan fingerprint density at radius 3 is 2.49 bits per heavy atom. The van der Waals surface area contributed by atoms with Crippen molar-refractivity contribution in [1.29, 1.82) is 0 Å². The number of rotatable bonds is 1. The molecule has 0 saturated carbocycles. The van der Waals surface area contributed by atoms with Gasteiger partial charge in [-0.2, -0.15) is 0 Å². The lowest BCUT2D eigenvalue weighted by molar-refractivity contribution is -0.124. The third-order valence-corrected chi connectivity index (χ3v) is 7.19. The number of fused-ring (bicyclic) bond motifs is 5. The number of anilines is 1. The molecule has 8 nitrogen and oxygen atoms in total. The topological polar surface area (TPSA) is 83.9 Å². The Bertz CT molecular complexity index is 1740. The van der Waals surface area contributed by atoms with Crippen LogP contribution in [0, 0.1) is 5.82 Å². The van der Waals surface area contributed by atoms with Gasteiger partial charge >= 0.3 is 12.1 Å². The van der Waals surface area contributed by atoms with Crippen LogP contribution >= 0.6 is 11.6 Å². The normalized spacial score (nSPS) is 14.6. The highest BCUT2D eigenvalue weighted by molar-refractivity contribution is 6.30. The number of amides is 3. The lowest BCUT2D eigenvalue weighted by atomic mass is 10.0. The number of nitrogens with zero attached hydrogens (tertiary/aromatic N) is 3. The molecule has 222 valence electrons. The quantitative estimate of drug-likeness (QED) is 0.251. The maximum Gasteiger partial charge on any atom is 0.419 e. The number of benzene rings is 3. The average Bonchev–Trinajstić information content (AvgIpc) is 3.24. The number of hydrogen-bond acceptors (Lipinski definition) is 4. The Balaban J connectivity index is 1.61. The number of allylic oxidation sites excluding steroid dienone is 1. The van der Waals surface area contributed by atoms with Gasteiger partial charge in [0.2, 0.25) is 5.91 Å². The molecule has 1 aliphatic rings. The minimum absolute atomic E-state index is 0.0897. The molecule has 0 spiro atoms. The molecular formula is C33H32ClFN4O4. The van der Waals surface area contributed by atoms with E-state index in [1.54, 1.807) is 70.3 Å². The number of halogens is 2. The van der Waals surface area contributed by atoms with Crippen LogP contribution in [-0.2, 0) is 28.9 Å². The molecule has 4 aromatic rings. The molecule has 2 bridgehead atoms. The van der Waals surface area contributed by atoms with Crippen molar-refractivity contribution in [3.8, 4) is 0 Å². The van der Waals surface area contributed by atoms with Crippen LogP contribution in [0.1, 0.15) is 43.2 Å². The molecule has 1 N–H and O–H groups in total. The number of para-hydroxylation sites is 1. The number of carbonyl (C=O) groups is 3. The van der Waals surface area contributed by atoms with Gasteiger partial charge in [0, 0.05) is 35.3 Å². The van der Waals surface area contributed by atoms with Crippen LogP contribution in [0.5, 0.6) is 0 Å². The number of aromatic nitrogens is 1. The molecule has 0 radical (unpaired) electrons. The minimum atomic E-state index is -0.749. The van der Waals surface area contributed by atoms with Crippen molar-refractivity contribution in [3.05, 3.63) is 106 Å². The minimum Gasteiger partial charge on any atom is -0.443 e. The summed E-state index contributed by atoms with van der Waals surface area (Å²) in [7, 11) is 1.57. The third kappa shape index (κ3) is 6.73. The molecule has 0 aliphatic carbocycles. The highest BCUT2D eigenvalue weighted by atomic mass is 35.5. The second-order valence-corrected chi connectivity index (χ2v) is 11.8. The van der Waals surface area contributed by atoms with Gasteiger partial charge < -0.3 is 4.74 Å². The summed E-state index contributed by atoms with van der Waals surface area (Å²) in [6.45, 7) is 5.27. The van der Waals surface area contributed by atoms with Crippen LogP contribution < -0.4 is 10.3 Å². The number of nitrogens with one attached hydrogen (secondary N) is 1. The maximum atomic E-state index is 14.7. The van der Waals surface area contributed by atoms with Gasteiger partial charge in [-0.05, 0) is 86.0 Å². The Morgan fingerprint density at radius 1 is 1.05 bits per heavy atom. The van der Waals surface area contributed by atoms with Crippen LogP contribution in [0.2, 0.25) is 5.02 Å². The fraction of sp³-hybridized carbons (Fsp3) is 0.242. The number of urea groups is 1. The van der Waals surface area contributed by atoms with Gasteiger partial charge in [-0.1, -0.05) is 42.0 Å². The van der Waals surface area contributed by atoms with Gasteiger partial charge in [0.05, 0.1) is 18.5 Å². The molecule has 10 heteroatoms. The number of ether oxygens (including phenoxy) is 1. The van der Waals surface area contributed by atoms with Crippen LogP contribution in [-0.4, -0.2) is 40.3 Å². The molecule has 1 aromatic heterocycles. The third-order valence-electron chi connectivity index (χ3n) is 6.94. The van der Waals surface area contributed by atoms with Gasteiger partial charge in [-0.15, -0.1) is 0 Å². The van der Waals surface area contributed by atoms with E-state index in [0.717, 1.165) is 5.01 Å². The summed E-state index contributed by atoms with van der Waals surface area (Å²) < 4.78 is 21.9. The molecule has 3 amide bonds. The molecule has 0 saturated heterocycles. The molecule has 1 aliphatic heterocycles. The van der Waals surface area contributed by atoms with E-state index in [1.165, 1.54) is 21.6 Å². The number of hydrogen-bond donors (Lipinski definition) is 1. The Morgan fingerprint density at radius 2 is 1.77 bits per heavy atom. The van der Waals surface area contributed by atoms with Gasteiger partial charge in [0.15, 0.2) is 0 Å². The first-order valence-electron chi connectivity index (χ1n) is 13.8. The first-order valence-corrected chi connectivity index (χ1v) is 14.2. The molecule has 2 heterocycles. The molecule has 5 rings (SSSR count). The lowest BCUT2D eigenvalue weighted by Gasteiger charge is -2.29. The standard InChI is InChI=1S/C33H32ClFN4O4/c1-33(2,3)43-32(42)39-28-10-6-5-9-26(28)27-19-30(40)36-38(31(41)37(4)25-14-12-23(34)13-15-25)20-22-16-21(17-24(35)18-22)8-7-11-29(27)39/h5-10,12-18H,11,19-20H2,1-4H3,(H,36,40)/b8-7-. The summed E-state index contributed by atoms with van der Waals surface area (Å²) in [5.41, 5.74) is 5.38. The van der Waals surface area contributed by atoms with Crippen molar-refractivity contribution < 1.29 is 23.5 Å². The predicted molar refractivity (Wildman–Crippen MR) is 165 cm³/mol.